The molecule has 2 rings (SSSR count). The fraction of sp³-hybridized carbons (Fsp3) is 0.214. The molecule has 1 heterocycles. The number of hydrogen-bond acceptors (Lipinski definition) is 1. The molecule has 3 nitrogen and oxygen atoms in total. The van der Waals surface area contributed by atoms with Crippen molar-refractivity contribution >= 4 is 27.5 Å². The monoisotopic (exact) mass is 306 g/mol. The first-order chi connectivity index (χ1) is 8.60. The Hall–Kier alpha value is -1.55. The number of halogens is 1. The molecule has 1 aromatic carbocycles. The second-order valence-corrected chi connectivity index (χ2v) is 5.10. The van der Waals surface area contributed by atoms with Gasteiger partial charge in [-0.25, -0.2) is 0 Å². The second kappa shape index (κ2) is 5.40. The zero-order chi connectivity index (χ0) is 13.1. The van der Waals surface area contributed by atoms with Crippen LogP contribution < -0.4 is 5.32 Å². The number of aryl methyl sites for hydroxylation is 2. The summed E-state index contributed by atoms with van der Waals surface area (Å²) in [5, 5.41) is 2.88. The average molecular weight is 307 g/mol. The first-order valence-electron chi connectivity index (χ1n) is 5.85. The summed E-state index contributed by atoms with van der Waals surface area (Å²) >= 11 is 3.31. The van der Waals surface area contributed by atoms with Crippen molar-refractivity contribution in [3.63, 3.8) is 0 Å². The molecule has 94 valence electrons. The highest BCUT2D eigenvalue weighted by Gasteiger charge is 2.08. The van der Waals surface area contributed by atoms with Gasteiger partial charge in [0.1, 0.15) is 5.69 Å². The number of nitrogens with one attached hydrogen (secondary N) is 2. The summed E-state index contributed by atoms with van der Waals surface area (Å²) < 4.78 is 0.866. The Morgan fingerprint density at radius 1 is 1.39 bits per heavy atom. The number of amides is 1. The van der Waals surface area contributed by atoms with Crippen LogP contribution in [-0.2, 0) is 6.42 Å². The molecule has 0 fully saturated rings. The molecule has 0 aliphatic heterocycles. The lowest BCUT2D eigenvalue weighted by atomic mass is 10.1. The molecule has 0 aliphatic rings. The maximum absolute atomic E-state index is 11.9. The van der Waals surface area contributed by atoms with E-state index in [9.17, 15) is 4.79 Å². The third-order valence-electron chi connectivity index (χ3n) is 2.88. The smallest absolute Gasteiger partial charge is 0.272 e. The minimum Gasteiger partial charge on any atom is -0.356 e. The molecular weight excluding hydrogens is 292 g/mol. The van der Waals surface area contributed by atoms with E-state index in [0.717, 1.165) is 16.6 Å². The van der Waals surface area contributed by atoms with Crippen LogP contribution in [0.5, 0.6) is 0 Å². The standard InChI is InChI=1S/C14H15BrN2O/c1-3-10-6-12(5-4-9(10)2)17-14(18)13-7-11(15)8-16-13/h4-8,16H,3H2,1-2H3,(H,17,18). The van der Waals surface area contributed by atoms with Gasteiger partial charge in [0.25, 0.3) is 5.91 Å². The Labute approximate surface area is 115 Å². The lowest BCUT2D eigenvalue weighted by molar-refractivity contribution is 0.102. The minimum absolute atomic E-state index is 0.133. The Balaban J connectivity index is 2.16. The topological polar surface area (TPSA) is 44.9 Å². The Morgan fingerprint density at radius 3 is 2.78 bits per heavy atom. The van der Waals surface area contributed by atoms with E-state index < -0.39 is 0 Å². The van der Waals surface area contributed by atoms with Crippen molar-refractivity contribution in [3.05, 3.63) is 51.8 Å². The normalized spacial score (nSPS) is 10.4. The summed E-state index contributed by atoms with van der Waals surface area (Å²) in [7, 11) is 0. The van der Waals surface area contributed by atoms with Gasteiger partial charge in [0.15, 0.2) is 0 Å². The molecule has 0 saturated heterocycles. The molecule has 1 aromatic heterocycles. The average Bonchev–Trinajstić information content (AvgIpc) is 2.78. The highest BCUT2D eigenvalue weighted by molar-refractivity contribution is 9.10. The molecule has 4 heteroatoms. The van der Waals surface area contributed by atoms with Crippen molar-refractivity contribution < 1.29 is 4.79 Å². The molecule has 2 aromatic rings. The van der Waals surface area contributed by atoms with Crippen LogP contribution in [0.2, 0.25) is 0 Å². The van der Waals surface area contributed by atoms with Gasteiger partial charge in [0.2, 0.25) is 0 Å². The first-order valence-corrected chi connectivity index (χ1v) is 6.64. The van der Waals surface area contributed by atoms with Gasteiger partial charge in [-0.1, -0.05) is 13.0 Å². The van der Waals surface area contributed by atoms with E-state index in [4.69, 9.17) is 0 Å². The van der Waals surface area contributed by atoms with Crippen LogP contribution >= 0.6 is 15.9 Å². The third-order valence-corrected chi connectivity index (χ3v) is 3.34. The summed E-state index contributed by atoms with van der Waals surface area (Å²) in [6, 6.07) is 7.72. The van der Waals surface area contributed by atoms with E-state index in [1.54, 1.807) is 12.3 Å². The number of carbonyl (C=O) groups excluding carboxylic acids is 1. The maximum Gasteiger partial charge on any atom is 0.272 e. The molecule has 0 bridgehead atoms. The first kappa shape index (κ1) is 12.9. The van der Waals surface area contributed by atoms with E-state index in [1.165, 1.54) is 11.1 Å². The Morgan fingerprint density at radius 2 is 2.17 bits per heavy atom. The van der Waals surface area contributed by atoms with Crippen molar-refractivity contribution in [2.75, 3.05) is 5.32 Å². The SMILES string of the molecule is CCc1cc(NC(=O)c2cc(Br)c[nH]2)ccc1C. The zero-order valence-corrected chi connectivity index (χ0v) is 12.0. The largest absolute Gasteiger partial charge is 0.356 e. The Bertz CT molecular complexity index is 575. The van der Waals surface area contributed by atoms with Gasteiger partial charge in [-0.2, -0.15) is 0 Å². The van der Waals surface area contributed by atoms with Crippen LogP contribution in [0.1, 0.15) is 28.5 Å². The van der Waals surface area contributed by atoms with Crippen molar-refractivity contribution in [2.45, 2.75) is 20.3 Å². The van der Waals surface area contributed by atoms with Crippen LogP contribution in [0.4, 0.5) is 5.69 Å². The molecule has 1 amide bonds. The lowest BCUT2D eigenvalue weighted by Gasteiger charge is -2.08. The highest BCUT2D eigenvalue weighted by Crippen LogP contribution is 2.17. The summed E-state index contributed by atoms with van der Waals surface area (Å²) in [5.74, 6) is -0.133. The molecule has 0 atom stereocenters. The summed E-state index contributed by atoms with van der Waals surface area (Å²) in [5.41, 5.74) is 3.87. The molecule has 0 aliphatic carbocycles. The van der Waals surface area contributed by atoms with Crippen molar-refractivity contribution in [1.29, 1.82) is 0 Å². The zero-order valence-electron chi connectivity index (χ0n) is 10.4. The Kier molecular flexibility index (Phi) is 3.87. The van der Waals surface area contributed by atoms with Crippen molar-refractivity contribution in [3.8, 4) is 0 Å². The quantitative estimate of drug-likeness (QED) is 0.887. The minimum atomic E-state index is -0.133. The van der Waals surface area contributed by atoms with Crippen molar-refractivity contribution in [1.82, 2.24) is 4.98 Å². The predicted octanol–water partition coefficient (Wildman–Crippen LogP) is 3.90. The van der Waals surface area contributed by atoms with E-state index in [0.29, 0.717) is 5.69 Å². The number of aromatic amines is 1. The molecule has 0 saturated carbocycles. The van der Waals surface area contributed by atoms with Gasteiger partial charge >= 0.3 is 0 Å². The van der Waals surface area contributed by atoms with E-state index in [2.05, 4.69) is 40.1 Å². The molecule has 18 heavy (non-hydrogen) atoms. The van der Waals surface area contributed by atoms with Gasteiger partial charge in [-0.15, -0.1) is 0 Å². The highest BCUT2D eigenvalue weighted by atomic mass is 79.9. The number of H-pyrrole nitrogens is 1. The number of carbonyl (C=O) groups is 1. The second-order valence-electron chi connectivity index (χ2n) is 4.18. The third kappa shape index (κ3) is 2.82. The number of benzene rings is 1. The van der Waals surface area contributed by atoms with Gasteiger partial charge in [0.05, 0.1) is 0 Å². The van der Waals surface area contributed by atoms with Gasteiger partial charge in [-0.05, 0) is 58.6 Å². The molecule has 2 N–H and O–H groups in total. The number of rotatable bonds is 3. The van der Waals surface area contributed by atoms with E-state index in [1.807, 2.05) is 18.2 Å². The van der Waals surface area contributed by atoms with Crippen LogP contribution in [0.15, 0.2) is 34.9 Å². The maximum atomic E-state index is 11.9. The summed E-state index contributed by atoms with van der Waals surface area (Å²) in [4.78, 5) is 14.9. The fourth-order valence-electron chi connectivity index (χ4n) is 1.83. The molecular formula is C14H15BrN2O. The summed E-state index contributed by atoms with van der Waals surface area (Å²) in [6.07, 6.45) is 2.70. The number of hydrogen-bond donors (Lipinski definition) is 2. The number of anilines is 1. The van der Waals surface area contributed by atoms with E-state index in [-0.39, 0.29) is 5.91 Å². The van der Waals surface area contributed by atoms with Gasteiger partial charge in [-0.3, -0.25) is 4.79 Å². The lowest BCUT2D eigenvalue weighted by Crippen LogP contribution is -2.12. The van der Waals surface area contributed by atoms with Gasteiger partial charge in [0, 0.05) is 16.4 Å². The predicted molar refractivity (Wildman–Crippen MR) is 77.0 cm³/mol. The van der Waals surface area contributed by atoms with Gasteiger partial charge < -0.3 is 10.3 Å². The molecule has 0 unspecified atom stereocenters. The van der Waals surface area contributed by atoms with Crippen LogP contribution in [0.3, 0.4) is 0 Å². The van der Waals surface area contributed by atoms with Crippen LogP contribution in [0.25, 0.3) is 0 Å². The van der Waals surface area contributed by atoms with Crippen LogP contribution in [0, 0.1) is 6.92 Å². The van der Waals surface area contributed by atoms with Crippen molar-refractivity contribution in [2.24, 2.45) is 0 Å². The summed E-state index contributed by atoms with van der Waals surface area (Å²) in [6.45, 7) is 4.18. The molecule has 0 spiro atoms. The van der Waals surface area contributed by atoms with Crippen LogP contribution in [-0.4, -0.2) is 10.9 Å². The molecule has 0 radical (unpaired) electrons. The van der Waals surface area contributed by atoms with E-state index >= 15 is 0 Å². The number of aromatic nitrogens is 1. The fourth-order valence-corrected chi connectivity index (χ4v) is 2.17.